The van der Waals surface area contributed by atoms with Crippen LogP contribution < -0.4 is 15.0 Å². The monoisotopic (exact) mass is 582 g/mol. The third-order valence-corrected chi connectivity index (χ3v) is 6.78. The maximum Gasteiger partial charge on any atom is 0.276 e. The van der Waals surface area contributed by atoms with Crippen molar-refractivity contribution >= 4 is 27.5 Å². The highest BCUT2D eigenvalue weighted by Crippen LogP contribution is 2.31. The number of ether oxygens (including phenoxy) is 2. The van der Waals surface area contributed by atoms with Crippen molar-refractivity contribution in [2.24, 2.45) is 0 Å². The zero-order valence-electron chi connectivity index (χ0n) is 21.6. The fourth-order valence-electron chi connectivity index (χ4n) is 3.80. The minimum atomic E-state index is -0.331. The van der Waals surface area contributed by atoms with Crippen molar-refractivity contribution in [3.63, 3.8) is 0 Å². The van der Waals surface area contributed by atoms with Gasteiger partial charge in [0.1, 0.15) is 28.5 Å². The van der Waals surface area contributed by atoms with E-state index < -0.39 is 0 Å². The second-order valence-electron chi connectivity index (χ2n) is 9.70. The average molecular weight is 584 g/mol. The summed E-state index contributed by atoms with van der Waals surface area (Å²) in [7, 11) is 1.61. The topological polar surface area (TPSA) is 79.1 Å². The Kier molecular flexibility index (Phi) is 7.71. The molecule has 4 aromatic rings. The van der Waals surface area contributed by atoms with Gasteiger partial charge >= 0.3 is 0 Å². The molecule has 0 radical (unpaired) electrons. The molecule has 0 unspecified atom stereocenters. The van der Waals surface area contributed by atoms with Crippen LogP contribution in [-0.4, -0.2) is 26.6 Å². The third-order valence-electron chi connectivity index (χ3n) is 5.78. The largest absolute Gasteiger partial charge is 0.497 e. The van der Waals surface area contributed by atoms with Crippen molar-refractivity contribution in [3.05, 3.63) is 91.3 Å². The van der Waals surface area contributed by atoms with E-state index in [0.29, 0.717) is 16.5 Å². The van der Waals surface area contributed by atoms with Gasteiger partial charge in [-0.3, -0.25) is 9.36 Å². The molecular weight excluding hydrogens is 556 g/mol. The first kappa shape index (κ1) is 26.8. The van der Waals surface area contributed by atoms with Gasteiger partial charge in [0.25, 0.3) is 5.56 Å². The molecule has 0 aliphatic carbocycles. The number of hydrogen-bond donors (Lipinski definition) is 0. The second kappa shape index (κ2) is 10.6. The fourth-order valence-corrected chi connectivity index (χ4v) is 4.39. The minimum absolute atomic E-state index is 0.204. The van der Waals surface area contributed by atoms with Crippen LogP contribution in [0.15, 0.2) is 57.9 Å². The van der Waals surface area contributed by atoms with Crippen LogP contribution in [0.2, 0.25) is 5.02 Å². The first-order valence-corrected chi connectivity index (χ1v) is 12.9. The molecule has 0 aliphatic heterocycles. The number of nitrogens with zero attached hydrogens (tertiary/aromatic N) is 4. The Morgan fingerprint density at radius 3 is 2.54 bits per heavy atom. The number of hydrogen-bond acceptors (Lipinski definition) is 6. The molecule has 7 nitrogen and oxygen atoms in total. The van der Waals surface area contributed by atoms with E-state index in [-0.39, 0.29) is 27.9 Å². The average Bonchev–Trinajstić information content (AvgIpc) is 2.86. The van der Waals surface area contributed by atoms with E-state index in [1.165, 1.54) is 4.57 Å². The predicted molar refractivity (Wildman–Crippen MR) is 149 cm³/mol. The second-order valence-corrected chi connectivity index (χ2v) is 10.9. The molecule has 2 heterocycles. The molecule has 2 aromatic carbocycles. The van der Waals surface area contributed by atoms with Gasteiger partial charge in [-0.15, -0.1) is 0 Å². The molecular formula is C28H28BrClN4O3. The molecule has 37 heavy (non-hydrogen) atoms. The number of rotatable bonds is 6. The molecule has 0 fully saturated rings. The van der Waals surface area contributed by atoms with Crippen LogP contribution in [0.5, 0.6) is 11.6 Å². The molecule has 0 atom stereocenters. The van der Waals surface area contributed by atoms with Gasteiger partial charge in [0.05, 0.1) is 23.5 Å². The smallest absolute Gasteiger partial charge is 0.276 e. The van der Waals surface area contributed by atoms with Crippen LogP contribution in [0.4, 0.5) is 0 Å². The molecule has 192 valence electrons. The van der Waals surface area contributed by atoms with E-state index in [2.05, 4.69) is 46.7 Å². The highest BCUT2D eigenvalue weighted by atomic mass is 79.9. The van der Waals surface area contributed by atoms with Gasteiger partial charge in [-0.1, -0.05) is 50.6 Å². The minimum Gasteiger partial charge on any atom is -0.497 e. The first-order valence-electron chi connectivity index (χ1n) is 11.7. The summed E-state index contributed by atoms with van der Waals surface area (Å²) in [4.78, 5) is 27.3. The Labute approximate surface area is 229 Å². The van der Waals surface area contributed by atoms with E-state index in [9.17, 15) is 4.79 Å². The molecule has 0 spiro atoms. The highest BCUT2D eigenvalue weighted by Gasteiger charge is 2.21. The number of benzene rings is 2. The van der Waals surface area contributed by atoms with E-state index in [1.807, 2.05) is 49.5 Å². The highest BCUT2D eigenvalue weighted by molar-refractivity contribution is 9.10. The van der Waals surface area contributed by atoms with E-state index in [4.69, 9.17) is 26.1 Å². The summed E-state index contributed by atoms with van der Waals surface area (Å²) < 4.78 is 12.8. The molecule has 0 saturated carbocycles. The predicted octanol–water partition coefficient (Wildman–Crippen LogP) is 6.61. The summed E-state index contributed by atoms with van der Waals surface area (Å²) in [6, 6.07) is 13.0. The van der Waals surface area contributed by atoms with Gasteiger partial charge in [0.15, 0.2) is 0 Å². The number of aromatic nitrogens is 4. The summed E-state index contributed by atoms with van der Waals surface area (Å²) in [5.41, 5.74) is 3.39. The molecule has 0 aliphatic rings. The maximum absolute atomic E-state index is 13.5. The van der Waals surface area contributed by atoms with Crippen LogP contribution in [0, 0.1) is 13.8 Å². The SMILES string of the molecule is COc1cccc(COc2nc(C)n(-c3cc(-c4nc(C(C)(C)C)ncc4C)ccc3Cl)c(=O)c2Br)c1. The lowest BCUT2D eigenvalue weighted by Crippen LogP contribution is -2.24. The van der Waals surface area contributed by atoms with Crippen LogP contribution in [-0.2, 0) is 12.0 Å². The van der Waals surface area contributed by atoms with Crippen molar-refractivity contribution in [3.8, 4) is 28.6 Å². The lowest BCUT2D eigenvalue weighted by atomic mass is 9.95. The van der Waals surface area contributed by atoms with Gasteiger partial charge in [-0.25, -0.2) is 9.97 Å². The number of methoxy groups -OCH3 is 1. The summed E-state index contributed by atoms with van der Waals surface area (Å²) in [6.45, 7) is 10.1. The lowest BCUT2D eigenvalue weighted by Gasteiger charge is -2.19. The van der Waals surface area contributed by atoms with Gasteiger partial charge in [-0.2, -0.15) is 4.98 Å². The number of aryl methyl sites for hydroxylation is 2. The standard InChI is InChI=1S/C28H28BrClN4O3/c1-16-14-31-27(28(3,4)5)33-24(16)19-10-11-21(30)22(13-19)34-17(2)32-25(23(29)26(34)35)37-15-18-8-7-9-20(12-18)36-6/h7-14H,15H2,1-6H3. The van der Waals surface area contributed by atoms with E-state index in [0.717, 1.165) is 34.0 Å². The Morgan fingerprint density at radius 2 is 1.84 bits per heavy atom. The van der Waals surface area contributed by atoms with Gasteiger partial charge < -0.3 is 9.47 Å². The summed E-state index contributed by atoms with van der Waals surface area (Å²) in [5.74, 6) is 2.10. The van der Waals surface area contributed by atoms with Gasteiger partial charge in [-0.05, 0) is 65.2 Å². The summed E-state index contributed by atoms with van der Waals surface area (Å²) >= 11 is 9.97. The Morgan fingerprint density at radius 1 is 1.08 bits per heavy atom. The lowest BCUT2D eigenvalue weighted by molar-refractivity contribution is 0.288. The van der Waals surface area contributed by atoms with Gasteiger partial charge in [0.2, 0.25) is 5.88 Å². The van der Waals surface area contributed by atoms with Crippen LogP contribution >= 0.6 is 27.5 Å². The molecule has 2 aromatic heterocycles. The summed E-state index contributed by atoms with van der Waals surface area (Å²) in [6.07, 6.45) is 1.82. The molecule has 9 heteroatoms. The van der Waals surface area contributed by atoms with Crippen LogP contribution in [0.1, 0.15) is 43.5 Å². The zero-order chi connectivity index (χ0) is 26.9. The van der Waals surface area contributed by atoms with Crippen molar-refractivity contribution < 1.29 is 9.47 Å². The molecule has 4 rings (SSSR count). The molecule has 0 N–H and O–H groups in total. The molecule has 0 bridgehead atoms. The molecule has 0 amide bonds. The summed E-state index contributed by atoms with van der Waals surface area (Å²) in [5, 5.41) is 0.412. The number of halogens is 2. The Hall–Kier alpha value is -3.23. The van der Waals surface area contributed by atoms with Crippen molar-refractivity contribution in [1.29, 1.82) is 0 Å². The van der Waals surface area contributed by atoms with E-state index in [1.54, 1.807) is 20.1 Å². The quantitative estimate of drug-likeness (QED) is 0.254. The van der Waals surface area contributed by atoms with Crippen LogP contribution in [0.3, 0.4) is 0 Å². The zero-order valence-corrected chi connectivity index (χ0v) is 23.9. The molecule has 0 saturated heterocycles. The Balaban J connectivity index is 1.73. The third kappa shape index (κ3) is 5.70. The maximum atomic E-state index is 13.5. The normalized spacial score (nSPS) is 11.5. The van der Waals surface area contributed by atoms with Crippen molar-refractivity contribution in [2.45, 2.75) is 46.6 Å². The van der Waals surface area contributed by atoms with Gasteiger partial charge in [0, 0.05) is 17.2 Å². The van der Waals surface area contributed by atoms with E-state index >= 15 is 0 Å². The fraction of sp³-hybridized carbons (Fsp3) is 0.286. The Bertz CT molecular complexity index is 1530. The first-order chi connectivity index (χ1) is 17.5. The van der Waals surface area contributed by atoms with Crippen LogP contribution in [0.25, 0.3) is 16.9 Å². The van der Waals surface area contributed by atoms with Crippen molar-refractivity contribution in [2.75, 3.05) is 7.11 Å². The van der Waals surface area contributed by atoms with Crippen molar-refractivity contribution in [1.82, 2.24) is 19.5 Å².